The Morgan fingerprint density at radius 3 is 2.84 bits per heavy atom. The van der Waals surface area contributed by atoms with Gasteiger partial charge in [-0.05, 0) is 18.1 Å². The maximum atomic E-state index is 11.8. The average Bonchev–Trinajstić information content (AvgIpc) is 2.95. The molecular weight excluding hydrogens is 244 g/mol. The molecule has 0 fully saturated rings. The Labute approximate surface area is 111 Å². The number of nitrogens with one attached hydrogen (secondary N) is 1. The molecule has 0 saturated carbocycles. The number of carbonyl (C=O) groups excluding carboxylic acids is 1. The monoisotopic (exact) mass is 260 g/mol. The van der Waals surface area contributed by atoms with Gasteiger partial charge in [-0.3, -0.25) is 4.79 Å². The van der Waals surface area contributed by atoms with Crippen LogP contribution in [0.25, 0.3) is 5.69 Å². The molecule has 1 aromatic carbocycles. The molecule has 0 aliphatic carbocycles. The second-order valence-corrected chi connectivity index (χ2v) is 4.38. The van der Waals surface area contributed by atoms with Crippen LogP contribution in [0.5, 0.6) is 0 Å². The van der Waals surface area contributed by atoms with Crippen LogP contribution in [-0.4, -0.2) is 39.2 Å². The lowest BCUT2D eigenvalue weighted by Gasteiger charge is -2.07. The summed E-state index contributed by atoms with van der Waals surface area (Å²) in [5.41, 5.74) is 1.10. The molecular formula is C13H16N4O2. The molecule has 100 valence electrons. The van der Waals surface area contributed by atoms with Crippen LogP contribution in [0, 0.1) is 5.92 Å². The number of hydrogen-bond acceptors (Lipinski definition) is 4. The van der Waals surface area contributed by atoms with Crippen LogP contribution in [0.15, 0.2) is 36.5 Å². The van der Waals surface area contributed by atoms with Crippen molar-refractivity contribution in [3.05, 3.63) is 42.2 Å². The number of aliphatic hydroxyl groups is 1. The van der Waals surface area contributed by atoms with Gasteiger partial charge in [0.25, 0.3) is 5.91 Å². The van der Waals surface area contributed by atoms with Crippen molar-refractivity contribution >= 4 is 5.91 Å². The van der Waals surface area contributed by atoms with E-state index in [2.05, 4.69) is 15.6 Å². The first kappa shape index (κ1) is 13.2. The summed E-state index contributed by atoms with van der Waals surface area (Å²) in [5.74, 6) is -0.268. The van der Waals surface area contributed by atoms with Crippen LogP contribution in [0.2, 0.25) is 0 Å². The third kappa shape index (κ3) is 3.38. The summed E-state index contributed by atoms with van der Waals surface area (Å²) < 4.78 is 1.55. The van der Waals surface area contributed by atoms with Crippen molar-refractivity contribution < 1.29 is 9.90 Å². The van der Waals surface area contributed by atoms with E-state index in [1.54, 1.807) is 10.9 Å². The zero-order valence-corrected chi connectivity index (χ0v) is 10.7. The number of hydrogen-bond donors (Lipinski definition) is 2. The number of amides is 1. The van der Waals surface area contributed by atoms with Gasteiger partial charge in [-0.2, -0.15) is 0 Å². The number of aliphatic hydroxyl groups excluding tert-OH is 1. The topological polar surface area (TPSA) is 80.0 Å². The zero-order chi connectivity index (χ0) is 13.7. The number of benzene rings is 1. The van der Waals surface area contributed by atoms with E-state index in [1.807, 2.05) is 37.3 Å². The summed E-state index contributed by atoms with van der Waals surface area (Å²) in [6.07, 6.45) is 1.58. The minimum absolute atomic E-state index is 0.0214. The summed E-state index contributed by atoms with van der Waals surface area (Å²) in [5, 5.41) is 19.3. The average molecular weight is 260 g/mol. The third-order valence-corrected chi connectivity index (χ3v) is 2.67. The Morgan fingerprint density at radius 2 is 2.16 bits per heavy atom. The van der Waals surface area contributed by atoms with Crippen LogP contribution in [0.4, 0.5) is 0 Å². The van der Waals surface area contributed by atoms with Gasteiger partial charge in [-0.25, -0.2) is 4.68 Å². The predicted octanol–water partition coefficient (Wildman–Crippen LogP) is 0.625. The molecule has 2 rings (SSSR count). The smallest absolute Gasteiger partial charge is 0.273 e. The summed E-state index contributed by atoms with van der Waals surface area (Å²) in [6, 6.07) is 9.44. The summed E-state index contributed by atoms with van der Waals surface area (Å²) in [6.45, 7) is 2.30. The van der Waals surface area contributed by atoms with Crippen molar-refractivity contribution in [1.29, 1.82) is 0 Å². The Balaban J connectivity index is 2.03. The van der Waals surface area contributed by atoms with Gasteiger partial charge in [0.05, 0.1) is 11.9 Å². The molecule has 0 aliphatic heterocycles. The number of aromatic nitrogens is 3. The molecule has 6 nitrogen and oxygen atoms in total. The quantitative estimate of drug-likeness (QED) is 0.826. The molecule has 0 saturated heterocycles. The number of rotatable bonds is 5. The minimum atomic E-state index is -0.289. The second-order valence-electron chi connectivity index (χ2n) is 4.38. The number of para-hydroxylation sites is 1. The molecule has 1 heterocycles. The number of nitrogens with zero attached hydrogens (tertiary/aromatic N) is 3. The number of carbonyl (C=O) groups is 1. The van der Waals surface area contributed by atoms with Gasteiger partial charge in [-0.1, -0.05) is 30.3 Å². The molecule has 6 heteroatoms. The van der Waals surface area contributed by atoms with Gasteiger partial charge in [0.1, 0.15) is 0 Å². The van der Waals surface area contributed by atoms with E-state index >= 15 is 0 Å². The highest BCUT2D eigenvalue weighted by Gasteiger charge is 2.12. The molecule has 19 heavy (non-hydrogen) atoms. The Bertz CT molecular complexity index is 539. The molecule has 2 aromatic rings. The first-order valence-corrected chi connectivity index (χ1v) is 6.07. The van der Waals surface area contributed by atoms with E-state index in [9.17, 15) is 4.79 Å². The molecule has 0 spiro atoms. The molecule has 0 radical (unpaired) electrons. The van der Waals surface area contributed by atoms with Gasteiger partial charge < -0.3 is 10.4 Å². The molecule has 1 atom stereocenters. The molecule has 2 N–H and O–H groups in total. The van der Waals surface area contributed by atoms with E-state index in [0.717, 1.165) is 5.69 Å². The SMILES string of the molecule is CC(CO)CNC(=O)c1cn(-c2ccccc2)nn1. The van der Waals surface area contributed by atoms with Crippen LogP contribution in [0.3, 0.4) is 0 Å². The first-order valence-electron chi connectivity index (χ1n) is 6.07. The predicted molar refractivity (Wildman–Crippen MR) is 69.9 cm³/mol. The van der Waals surface area contributed by atoms with E-state index in [0.29, 0.717) is 6.54 Å². The Hall–Kier alpha value is -2.21. The van der Waals surface area contributed by atoms with Crippen LogP contribution >= 0.6 is 0 Å². The van der Waals surface area contributed by atoms with Crippen molar-refractivity contribution in [3.63, 3.8) is 0 Å². The van der Waals surface area contributed by atoms with E-state index < -0.39 is 0 Å². The highest BCUT2D eigenvalue weighted by Crippen LogP contribution is 2.05. The van der Waals surface area contributed by atoms with Crippen LogP contribution in [0.1, 0.15) is 17.4 Å². The molecule has 1 aromatic heterocycles. The third-order valence-electron chi connectivity index (χ3n) is 2.67. The lowest BCUT2D eigenvalue weighted by Crippen LogP contribution is -2.29. The summed E-state index contributed by atoms with van der Waals surface area (Å²) >= 11 is 0. The fraction of sp³-hybridized carbons (Fsp3) is 0.308. The van der Waals surface area contributed by atoms with Gasteiger partial charge in [0.2, 0.25) is 0 Å². The Kier molecular flexibility index (Phi) is 4.25. The lowest BCUT2D eigenvalue weighted by molar-refractivity contribution is 0.0937. The first-order chi connectivity index (χ1) is 9.20. The molecule has 1 amide bonds. The fourth-order valence-electron chi connectivity index (χ4n) is 1.50. The van der Waals surface area contributed by atoms with Crippen molar-refractivity contribution in [1.82, 2.24) is 20.3 Å². The van der Waals surface area contributed by atoms with Crippen LogP contribution in [-0.2, 0) is 0 Å². The maximum absolute atomic E-state index is 11.8. The molecule has 1 unspecified atom stereocenters. The Morgan fingerprint density at radius 1 is 1.42 bits per heavy atom. The van der Waals surface area contributed by atoms with Gasteiger partial charge in [0.15, 0.2) is 5.69 Å². The van der Waals surface area contributed by atoms with E-state index in [-0.39, 0.29) is 24.1 Å². The lowest BCUT2D eigenvalue weighted by atomic mass is 10.2. The van der Waals surface area contributed by atoms with Crippen molar-refractivity contribution in [3.8, 4) is 5.69 Å². The largest absolute Gasteiger partial charge is 0.396 e. The summed E-state index contributed by atoms with van der Waals surface area (Å²) in [4.78, 5) is 11.8. The standard InChI is InChI=1S/C13H16N4O2/c1-10(9-18)7-14-13(19)12-8-17(16-15-12)11-5-3-2-4-6-11/h2-6,8,10,18H,7,9H2,1H3,(H,14,19). The zero-order valence-electron chi connectivity index (χ0n) is 10.7. The normalized spacial score (nSPS) is 12.1. The molecule has 0 bridgehead atoms. The minimum Gasteiger partial charge on any atom is -0.396 e. The second kappa shape index (κ2) is 6.10. The van der Waals surface area contributed by atoms with Crippen molar-refractivity contribution in [2.75, 3.05) is 13.2 Å². The highest BCUT2D eigenvalue weighted by atomic mass is 16.3. The van der Waals surface area contributed by atoms with Gasteiger partial charge in [-0.15, -0.1) is 5.10 Å². The maximum Gasteiger partial charge on any atom is 0.273 e. The molecule has 0 aliphatic rings. The van der Waals surface area contributed by atoms with Crippen LogP contribution < -0.4 is 5.32 Å². The van der Waals surface area contributed by atoms with E-state index in [1.165, 1.54) is 0 Å². The van der Waals surface area contributed by atoms with Gasteiger partial charge in [0, 0.05) is 13.2 Å². The highest BCUT2D eigenvalue weighted by molar-refractivity contribution is 5.91. The van der Waals surface area contributed by atoms with Crippen molar-refractivity contribution in [2.45, 2.75) is 6.92 Å². The van der Waals surface area contributed by atoms with Gasteiger partial charge >= 0.3 is 0 Å². The van der Waals surface area contributed by atoms with Crippen molar-refractivity contribution in [2.24, 2.45) is 5.92 Å². The van der Waals surface area contributed by atoms with E-state index in [4.69, 9.17) is 5.11 Å². The summed E-state index contributed by atoms with van der Waals surface area (Å²) in [7, 11) is 0. The fourth-order valence-corrected chi connectivity index (χ4v) is 1.50.